The molecular formula is C50H87N17O19. The lowest BCUT2D eigenvalue weighted by atomic mass is 10.0. The van der Waals surface area contributed by atoms with E-state index in [4.69, 9.17) is 39.5 Å². The zero-order valence-electron chi connectivity index (χ0n) is 48.4. The Hall–Kier alpha value is -8.80. The fourth-order valence-corrected chi connectivity index (χ4v) is 7.72. The van der Waals surface area contributed by atoms with Crippen LogP contribution < -0.4 is 87.6 Å². The molecule has 0 unspecified atom stereocenters. The summed E-state index contributed by atoms with van der Waals surface area (Å²) in [6, 6.07) is -13.6. The van der Waals surface area contributed by atoms with Crippen LogP contribution in [0.3, 0.4) is 0 Å². The molecular weight excluding hydrogens is 1140 g/mol. The van der Waals surface area contributed by atoms with Gasteiger partial charge in [-0.1, -0.05) is 13.8 Å². The number of nitrogens with zero attached hydrogens (tertiary/aromatic N) is 1. The van der Waals surface area contributed by atoms with Gasteiger partial charge in [-0.2, -0.15) is 0 Å². The number of nitrogens with one attached hydrogen (secondary N) is 10. The van der Waals surface area contributed by atoms with Gasteiger partial charge in [0, 0.05) is 25.8 Å². The summed E-state index contributed by atoms with van der Waals surface area (Å²) in [7, 11) is 0. The van der Waals surface area contributed by atoms with Gasteiger partial charge in [0.1, 0.15) is 48.3 Å². The SMILES string of the molecule is CC(C)C[C@H](NC(=O)CNC(=O)[C@H](CC(=O)O)NC(=O)[C@H](CCCCN)NC(=O)[C@H](CCC(N)=O)NC(=O)CNC(=O)[C@H](CCC(=O)O)NC(=O)[C@H](C)NC(=O)[C@@H](N)CCC(=O)O)C(=O)N[C@@H](CCCN=C(N)N)C(=O)N[C@@H](CCCCN)C(=O)O. The summed E-state index contributed by atoms with van der Waals surface area (Å²) < 4.78 is 0. The van der Waals surface area contributed by atoms with E-state index in [-0.39, 0.29) is 82.9 Å². The van der Waals surface area contributed by atoms with Gasteiger partial charge in [0.2, 0.25) is 65.0 Å². The van der Waals surface area contributed by atoms with Crippen molar-refractivity contribution in [2.75, 3.05) is 32.7 Å². The molecule has 86 heavy (non-hydrogen) atoms. The summed E-state index contributed by atoms with van der Waals surface area (Å²) in [4.78, 5) is 196. The number of guanidine groups is 1. The van der Waals surface area contributed by atoms with Gasteiger partial charge >= 0.3 is 23.9 Å². The van der Waals surface area contributed by atoms with Crippen LogP contribution in [0, 0.1) is 5.92 Å². The summed E-state index contributed by atoms with van der Waals surface area (Å²) in [5.74, 6) is -17.4. The van der Waals surface area contributed by atoms with Crippen LogP contribution in [0.5, 0.6) is 0 Å². The second kappa shape index (κ2) is 42.1. The van der Waals surface area contributed by atoms with Gasteiger partial charge < -0.3 is 108 Å². The van der Waals surface area contributed by atoms with E-state index in [1.165, 1.54) is 6.92 Å². The fourth-order valence-electron chi connectivity index (χ4n) is 7.72. The highest BCUT2D eigenvalue weighted by atomic mass is 16.4. The van der Waals surface area contributed by atoms with E-state index in [9.17, 15) is 87.2 Å². The minimum atomic E-state index is -1.92. The van der Waals surface area contributed by atoms with E-state index in [1.54, 1.807) is 13.8 Å². The van der Waals surface area contributed by atoms with Crippen LogP contribution in [-0.2, 0) is 71.9 Å². The molecule has 0 aromatic rings. The molecule has 0 aliphatic heterocycles. The van der Waals surface area contributed by atoms with E-state index >= 15 is 0 Å². The molecule has 9 atom stereocenters. The number of carbonyl (C=O) groups excluding carboxylic acids is 11. The van der Waals surface area contributed by atoms with Gasteiger partial charge in [-0.3, -0.25) is 72.1 Å². The number of hydrogen-bond acceptors (Lipinski definition) is 19. The molecule has 0 heterocycles. The molecule has 0 aliphatic carbocycles. The number of unbranched alkanes of at least 4 members (excludes halogenated alkanes) is 2. The molecule has 36 heteroatoms. The molecule has 0 spiro atoms. The van der Waals surface area contributed by atoms with E-state index in [0.717, 1.165) is 0 Å². The molecule has 11 amide bonds. The zero-order chi connectivity index (χ0) is 65.6. The Morgan fingerprint density at radius 1 is 0.419 bits per heavy atom. The third-order valence-corrected chi connectivity index (χ3v) is 12.3. The first kappa shape index (κ1) is 77.2. The van der Waals surface area contributed by atoms with Crippen molar-refractivity contribution in [1.82, 2.24) is 53.2 Å². The average Bonchev–Trinajstić information content (AvgIpc) is 3.47. The van der Waals surface area contributed by atoms with Crippen LogP contribution in [0.4, 0.5) is 0 Å². The van der Waals surface area contributed by atoms with Gasteiger partial charge in [0.15, 0.2) is 5.96 Å². The number of nitrogens with two attached hydrogens (primary N) is 6. The molecule has 486 valence electrons. The Kier molecular flexibility index (Phi) is 37.8. The van der Waals surface area contributed by atoms with Crippen molar-refractivity contribution < 1.29 is 92.3 Å². The lowest BCUT2D eigenvalue weighted by Gasteiger charge is -2.26. The van der Waals surface area contributed by atoms with Crippen molar-refractivity contribution >= 4 is 94.8 Å². The average molecular weight is 1230 g/mol. The predicted molar refractivity (Wildman–Crippen MR) is 302 cm³/mol. The Morgan fingerprint density at radius 3 is 1.29 bits per heavy atom. The first-order valence-corrected chi connectivity index (χ1v) is 27.7. The molecule has 0 aromatic carbocycles. The van der Waals surface area contributed by atoms with E-state index in [0.29, 0.717) is 12.8 Å². The van der Waals surface area contributed by atoms with Crippen LogP contribution in [-0.4, -0.2) is 202 Å². The van der Waals surface area contributed by atoms with Gasteiger partial charge in [0.05, 0.1) is 25.6 Å². The van der Waals surface area contributed by atoms with Crippen LogP contribution in [0.25, 0.3) is 0 Å². The molecule has 26 N–H and O–H groups in total. The van der Waals surface area contributed by atoms with Crippen molar-refractivity contribution in [2.24, 2.45) is 45.3 Å². The monoisotopic (exact) mass is 1230 g/mol. The molecule has 0 aliphatic rings. The number of carboxylic acid groups (broad SMARTS) is 4. The number of aliphatic carboxylic acids is 4. The number of carboxylic acids is 4. The maximum atomic E-state index is 13.9. The largest absolute Gasteiger partial charge is 0.481 e. The number of carbonyl (C=O) groups is 15. The Bertz CT molecular complexity index is 2370. The maximum Gasteiger partial charge on any atom is 0.326 e. The normalized spacial score (nSPS) is 14.0. The quantitative estimate of drug-likeness (QED) is 0.0153. The first-order valence-electron chi connectivity index (χ1n) is 27.7. The van der Waals surface area contributed by atoms with Crippen molar-refractivity contribution in [3.63, 3.8) is 0 Å². The number of amides is 11. The highest BCUT2D eigenvalue weighted by Gasteiger charge is 2.34. The third kappa shape index (κ3) is 34.7. The smallest absolute Gasteiger partial charge is 0.326 e. The van der Waals surface area contributed by atoms with E-state index < -0.39 is 195 Å². The summed E-state index contributed by atoms with van der Waals surface area (Å²) in [6.45, 7) is 3.19. The van der Waals surface area contributed by atoms with E-state index in [2.05, 4.69) is 58.2 Å². The first-order chi connectivity index (χ1) is 40.3. The number of primary amides is 1. The molecule has 0 saturated carbocycles. The van der Waals surface area contributed by atoms with E-state index in [1.807, 2.05) is 0 Å². The molecule has 0 rings (SSSR count). The number of hydrogen-bond donors (Lipinski definition) is 20. The summed E-state index contributed by atoms with van der Waals surface area (Å²) in [6.07, 6.45) is -2.89. The van der Waals surface area contributed by atoms with Crippen LogP contribution in [0.15, 0.2) is 4.99 Å². The third-order valence-electron chi connectivity index (χ3n) is 12.3. The van der Waals surface area contributed by atoms with Gasteiger partial charge in [-0.25, -0.2) is 4.79 Å². The van der Waals surface area contributed by atoms with Crippen LogP contribution >= 0.6 is 0 Å². The zero-order valence-corrected chi connectivity index (χ0v) is 48.4. The standard InChI is InChI=1S/C50H87N17O19/c1-25(2)21-33(48(84)65-29(11-8-20-57-50(55)56)45(81)66-32(49(85)86)10-5-7-19-52)62-37(70)24-59-44(80)34(22-40(75)76)67-46(82)28(9-4-6-18-51)64-47(83)31(13-15-35(54)68)61-36(69)23-58-43(79)30(14-17-39(73)74)63-41(77)26(3)60-42(78)27(53)12-16-38(71)72/h25-34H,4-24,51-53H2,1-3H3,(H2,54,68)(H,58,79)(H,59,80)(H,60,78)(H,61,69)(H,62,70)(H,63,77)(H,64,83)(H,65,84)(H,66,81)(H,67,82)(H,71,72)(H,73,74)(H,75,76)(H,85,86)(H4,55,56,57)/t26-,27-,28-,29-,30-,31-,32-,33-,34-/m0/s1. The number of aliphatic imine (C=N–C) groups is 1. The predicted octanol–water partition coefficient (Wildman–Crippen LogP) is -7.64. The second-order valence-corrected chi connectivity index (χ2v) is 20.3. The summed E-state index contributed by atoms with van der Waals surface area (Å²) in [5.41, 5.74) is 32.9. The minimum absolute atomic E-state index is 0.0244. The highest BCUT2D eigenvalue weighted by molar-refractivity contribution is 5.99. The molecule has 0 fully saturated rings. The Labute approximate surface area is 495 Å². The summed E-state index contributed by atoms with van der Waals surface area (Å²) in [5, 5.41) is 60.7. The van der Waals surface area contributed by atoms with Gasteiger partial charge in [-0.05, 0) is 103 Å². The lowest BCUT2D eigenvalue weighted by Crippen LogP contribution is -2.58. The number of rotatable bonds is 46. The van der Waals surface area contributed by atoms with Crippen molar-refractivity contribution in [2.45, 2.75) is 178 Å². The minimum Gasteiger partial charge on any atom is -0.481 e. The highest BCUT2D eigenvalue weighted by Crippen LogP contribution is 2.11. The van der Waals surface area contributed by atoms with Gasteiger partial charge in [0.25, 0.3) is 0 Å². The Balaban J connectivity index is 6.36. The van der Waals surface area contributed by atoms with Crippen molar-refractivity contribution in [3.05, 3.63) is 0 Å². The molecule has 0 saturated heterocycles. The summed E-state index contributed by atoms with van der Waals surface area (Å²) >= 11 is 0. The maximum absolute atomic E-state index is 13.9. The van der Waals surface area contributed by atoms with Gasteiger partial charge in [-0.15, -0.1) is 0 Å². The van der Waals surface area contributed by atoms with Crippen LogP contribution in [0.2, 0.25) is 0 Å². The van der Waals surface area contributed by atoms with Crippen molar-refractivity contribution in [3.8, 4) is 0 Å². The van der Waals surface area contributed by atoms with Crippen LogP contribution in [0.1, 0.15) is 124 Å². The lowest BCUT2D eigenvalue weighted by molar-refractivity contribution is -0.143. The topological polar surface area (TPSA) is 626 Å². The molecule has 0 bridgehead atoms. The fraction of sp³-hybridized carbons (Fsp3) is 0.680. The Morgan fingerprint density at radius 2 is 0.826 bits per heavy atom. The van der Waals surface area contributed by atoms with Crippen molar-refractivity contribution in [1.29, 1.82) is 0 Å². The molecule has 0 radical (unpaired) electrons. The molecule has 36 nitrogen and oxygen atoms in total. The molecule has 0 aromatic heterocycles. The second-order valence-electron chi connectivity index (χ2n) is 20.3.